The Labute approximate surface area is 99.7 Å². The average molecular weight is 214 g/mol. The molecular weight excluding hydrogens is 192 g/mol. The zero-order chi connectivity index (χ0) is 11.8. The predicted octanol–water partition coefficient (Wildman–Crippen LogP) is 4.95. The van der Waals surface area contributed by atoms with Crippen molar-refractivity contribution in [2.45, 2.75) is 33.1 Å². The molecule has 0 bridgehead atoms. The molecule has 0 aliphatic carbocycles. The Morgan fingerprint density at radius 1 is 1.06 bits per heavy atom. The summed E-state index contributed by atoms with van der Waals surface area (Å²) in [5.41, 5.74) is 1.42. The van der Waals surface area contributed by atoms with Crippen molar-refractivity contribution < 1.29 is 0 Å². The normalized spacial score (nSPS) is 15.7. The summed E-state index contributed by atoms with van der Waals surface area (Å²) in [6.07, 6.45) is 9.86. The molecule has 0 spiro atoms. The van der Waals surface area contributed by atoms with Gasteiger partial charge in [0.2, 0.25) is 0 Å². The van der Waals surface area contributed by atoms with Crippen LogP contribution in [0.15, 0.2) is 54.6 Å². The van der Waals surface area contributed by atoms with E-state index in [0.717, 1.165) is 6.42 Å². The minimum Gasteiger partial charge on any atom is -0.0848 e. The van der Waals surface area contributed by atoms with E-state index >= 15 is 0 Å². The van der Waals surface area contributed by atoms with Crippen LogP contribution in [0, 0.1) is 5.92 Å². The van der Waals surface area contributed by atoms with Crippen molar-refractivity contribution in [3.8, 4) is 0 Å². The second kappa shape index (κ2) is 7.05. The highest BCUT2D eigenvalue weighted by atomic mass is 14.1. The number of hydrogen-bond donors (Lipinski definition) is 0. The minimum atomic E-state index is 0.573. The van der Waals surface area contributed by atoms with E-state index < -0.39 is 0 Å². The summed E-state index contributed by atoms with van der Waals surface area (Å²) in [6, 6.07) is 10.7. The van der Waals surface area contributed by atoms with Gasteiger partial charge in [-0.3, -0.25) is 0 Å². The van der Waals surface area contributed by atoms with Crippen molar-refractivity contribution in [2.75, 3.05) is 0 Å². The van der Waals surface area contributed by atoms with Gasteiger partial charge in [0.25, 0.3) is 0 Å². The van der Waals surface area contributed by atoms with Crippen LogP contribution in [-0.4, -0.2) is 0 Å². The molecule has 0 heteroatoms. The average Bonchev–Trinajstić information content (AvgIpc) is 2.34. The molecule has 2 unspecified atom stereocenters. The van der Waals surface area contributed by atoms with Crippen molar-refractivity contribution in [1.29, 1.82) is 0 Å². The zero-order valence-electron chi connectivity index (χ0n) is 10.6. The van der Waals surface area contributed by atoms with Crippen LogP contribution < -0.4 is 0 Å². The van der Waals surface area contributed by atoms with Crippen LogP contribution >= 0.6 is 0 Å². The molecule has 0 fully saturated rings. The Hall–Kier alpha value is -1.30. The van der Waals surface area contributed by atoms with Gasteiger partial charge in [0.1, 0.15) is 0 Å². The fourth-order valence-corrected chi connectivity index (χ4v) is 1.68. The van der Waals surface area contributed by atoms with E-state index in [9.17, 15) is 0 Å². The lowest BCUT2D eigenvalue weighted by atomic mass is 9.89. The molecule has 86 valence electrons. The van der Waals surface area contributed by atoms with Gasteiger partial charge in [-0.15, -0.1) is 0 Å². The summed E-state index contributed by atoms with van der Waals surface area (Å²) in [7, 11) is 0. The third-order valence-corrected chi connectivity index (χ3v) is 3.01. The van der Waals surface area contributed by atoms with Crippen LogP contribution in [0.2, 0.25) is 0 Å². The quantitative estimate of drug-likeness (QED) is 0.608. The number of hydrogen-bond acceptors (Lipinski definition) is 0. The zero-order valence-corrected chi connectivity index (χ0v) is 10.6. The topological polar surface area (TPSA) is 0 Å². The lowest BCUT2D eigenvalue weighted by Crippen LogP contribution is -2.02. The Morgan fingerprint density at radius 2 is 1.75 bits per heavy atom. The molecule has 1 aromatic carbocycles. The standard InChI is InChI=1S/C16H22/c1-4-5-6-8-11-14(2)15(3)16-12-9-7-10-13-16/h5-15H,4H2,1-3H3/b6-5-,11-8-. The highest BCUT2D eigenvalue weighted by Crippen LogP contribution is 2.24. The molecule has 2 atom stereocenters. The molecule has 1 aromatic rings. The molecular formula is C16H22. The molecule has 1 rings (SSSR count). The third-order valence-electron chi connectivity index (χ3n) is 3.01. The highest BCUT2D eigenvalue weighted by Gasteiger charge is 2.10. The van der Waals surface area contributed by atoms with Gasteiger partial charge in [-0.05, 0) is 23.8 Å². The maximum Gasteiger partial charge on any atom is -0.0130 e. The van der Waals surface area contributed by atoms with Crippen molar-refractivity contribution in [3.05, 3.63) is 60.2 Å². The van der Waals surface area contributed by atoms with Gasteiger partial charge >= 0.3 is 0 Å². The van der Waals surface area contributed by atoms with E-state index in [1.807, 2.05) is 0 Å². The van der Waals surface area contributed by atoms with Crippen molar-refractivity contribution in [3.63, 3.8) is 0 Å². The van der Waals surface area contributed by atoms with E-state index in [2.05, 4.69) is 75.4 Å². The third kappa shape index (κ3) is 4.06. The molecule has 0 saturated heterocycles. The van der Waals surface area contributed by atoms with E-state index in [0.29, 0.717) is 11.8 Å². The smallest absolute Gasteiger partial charge is 0.0130 e. The van der Waals surface area contributed by atoms with Gasteiger partial charge < -0.3 is 0 Å². The summed E-state index contributed by atoms with van der Waals surface area (Å²) in [6.45, 7) is 6.71. The first-order valence-electron chi connectivity index (χ1n) is 6.14. The number of allylic oxidation sites excluding steroid dienone is 4. The highest BCUT2D eigenvalue weighted by molar-refractivity contribution is 5.21. The molecule has 0 N–H and O–H groups in total. The summed E-state index contributed by atoms with van der Waals surface area (Å²) in [5, 5.41) is 0. The number of rotatable bonds is 5. The fraction of sp³-hybridized carbons (Fsp3) is 0.375. The van der Waals surface area contributed by atoms with Gasteiger partial charge in [-0.2, -0.15) is 0 Å². The van der Waals surface area contributed by atoms with Gasteiger partial charge in [-0.1, -0.05) is 75.4 Å². The number of benzene rings is 1. The minimum absolute atomic E-state index is 0.573. The summed E-state index contributed by atoms with van der Waals surface area (Å²) < 4.78 is 0. The van der Waals surface area contributed by atoms with Gasteiger partial charge in [0, 0.05) is 0 Å². The van der Waals surface area contributed by atoms with Crippen LogP contribution in [-0.2, 0) is 0 Å². The predicted molar refractivity (Wildman–Crippen MR) is 72.6 cm³/mol. The second-order valence-corrected chi connectivity index (χ2v) is 4.28. The van der Waals surface area contributed by atoms with Gasteiger partial charge in [0.15, 0.2) is 0 Å². The Morgan fingerprint density at radius 3 is 2.38 bits per heavy atom. The maximum atomic E-state index is 2.29. The Bertz CT molecular complexity index is 332. The van der Waals surface area contributed by atoms with E-state index in [1.165, 1.54) is 5.56 Å². The van der Waals surface area contributed by atoms with Crippen LogP contribution in [0.4, 0.5) is 0 Å². The first kappa shape index (κ1) is 12.8. The van der Waals surface area contributed by atoms with Crippen LogP contribution in [0.1, 0.15) is 38.7 Å². The summed E-state index contributed by atoms with van der Waals surface area (Å²) in [4.78, 5) is 0. The molecule has 0 aliphatic heterocycles. The lowest BCUT2D eigenvalue weighted by Gasteiger charge is -2.16. The molecule has 0 radical (unpaired) electrons. The maximum absolute atomic E-state index is 2.29. The molecule has 0 saturated carbocycles. The van der Waals surface area contributed by atoms with E-state index in [4.69, 9.17) is 0 Å². The summed E-state index contributed by atoms with van der Waals surface area (Å²) >= 11 is 0. The van der Waals surface area contributed by atoms with E-state index in [-0.39, 0.29) is 0 Å². The van der Waals surface area contributed by atoms with Gasteiger partial charge in [0.05, 0.1) is 0 Å². The first-order chi connectivity index (χ1) is 7.75. The molecule has 0 heterocycles. The second-order valence-electron chi connectivity index (χ2n) is 4.28. The SMILES string of the molecule is CC/C=C\C=C/C(C)C(C)c1ccccc1. The van der Waals surface area contributed by atoms with Crippen molar-refractivity contribution in [2.24, 2.45) is 5.92 Å². The van der Waals surface area contributed by atoms with Crippen molar-refractivity contribution >= 4 is 0 Å². The fourth-order valence-electron chi connectivity index (χ4n) is 1.68. The summed E-state index contributed by atoms with van der Waals surface area (Å²) in [5.74, 6) is 1.15. The van der Waals surface area contributed by atoms with Crippen LogP contribution in [0.25, 0.3) is 0 Å². The Balaban J connectivity index is 2.57. The largest absolute Gasteiger partial charge is 0.0848 e. The van der Waals surface area contributed by atoms with E-state index in [1.54, 1.807) is 0 Å². The molecule has 0 nitrogen and oxygen atoms in total. The molecule has 0 aromatic heterocycles. The first-order valence-corrected chi connectivity index (χ1v) is 6.14. The molecule has 0 amide bonds. The molecule has 0 aliphatic rings. The van der Waals surface area contributed by atoms with Crippen LogP contribution in [0.5, 0.6) is 0 Å². The van der Waals surface area contributed by atoms with Crippen LogP contribution in [0.3, 0.4) is 0 Å². The van der Waals surface area contributed by atoms with Gasteiger partial charge in [-0.25, -0.2) is 0 Å². The lowest BCUT2D eigenvalue weighted by molar-refractivity contribution is 0.591. The Kier molecular flexibility index (Phi) is 5.63. The van der Waals surface area contributed by atoms with Crippen molar-refractivity contribution in [1.82, 2.24) is 0 Å². The molecule has 16 heavy (non-hydrogen) atoms. The monoisotopic (exact) mass is 214 g/mol.